The average Bonchev–Trinajstić information content (AvgIpc) is 2.75. The molecule has 5 nitrogen and oxygen atoms in total. The van der Waals surface area contributed by atoms with E-state index in [2.05, 4.69) is 40.7 Å². The van der Waals surface area contributed by atoms with E-state index in [4.69, 9.17) is 9.97 Å². The monoisotopic (exact) mass is 392 g/mol. The van der Waals surface area contributed by atoms with Gasteiger partial charge in [0.15, 0.2) is 0 Å². The molecule has 0 atom stereocenters. The number of hydrogen-bond acceptors (Lipinski definition) is 6. The minimum Gasteiger partial charge on any atom is -0.393 e. The van der Waals surface area contributed by atoms with Gasteiger partial charge in [-0.15, -0.1) is 11.8 Å². The molecule has 1 saturated heterocycles. The fraction of sp³-hybridized carbons (Fsp3) is 0.273. The lowest BCUT2D eigenvalue weighted by Crippen LogP contribution is -2.36. The minimum atomic E-state index is -0.209. The molecular weight excluding hydrogens is 368 g/mol. The van der Waals surface area contributed by atoms with Crippen LogP contribution in [0, 0.1) is 0 Å². The lowest BCUT2D eigenvalue weighted by Gasteiger charge is -2.30. The Morgan fingerprint density at radius 2 is 1.71 bits per heavy atom. The molecule has 3 aromatic rings. The highest BCUT2D eigenvalue weighted by Crippen LogP contribution is 2.27. The van der Waals surface area contributed by atoms with Gasteiger partial charge < -0.3 is 15.3 Å². The van der Waals surface area contributed by atoms with Crippen molar-refractivity contribution < 1.29 is 5.11 Å². The molecule has 2 aromatic carbocycles. The zero-order valence-corrected chi connectivity index (χ0v) is 16.7. The molecule has 0 unspecified atom stereocenters. The van der Waals surface area contributed by atoms with Gasteiger partial charge in [-0.3, -0.25) is 0 Å². The van der Waals surface area contributed by atoms with E-state index in [1.54, 1.807) is 11.8 Å². The van der Waals surface area contributed by atoms with Crippen LogP contribution in [0.3, 0.4) is 0 Å². The van der Waals surface area contributed by atoms with E-state index in [0.29, 0.717) is 5.95 Å². The zero-order chi connectivity index (χ0) is 19.3. The van der Waals surface area contributed by atoms with E-state index < -0.39 is 0 Å². The second-order valence-electron chi connectivity index (χ2n) is 6.87. The molecule has 1 fully saturated rings. The summed E-state index contributed by atoms with van der Waals surface area (Å²) in [6.07, 6.45) is 3.39. The SMILES string of the molecule is CSc1ccc(Nc2nc(-c3ccccc3)cc(N3CCC(O)CC3)n2)cc1. The van der Waals surface area contributed by atoms with Gasteiger partial charge in [0.25, 0.3) is 0 Å². The predicted octanol–water partition coefficient (Wildman–Crippen LogP) is 4.57. The first-order valence-corrected chi connectivity index (χ1v) is 10.7. The van der Waals surface area contributed by atoms with Crippen molar-refractivity contribution in [2.24, 2.45) is 0 Å². The maximum atomic E-state index is 9.83. The number of rotatable bonds is 5. The number of anilines is 3. The normalized spacial score (nSPS) is 14.9. The first-order valence-electron chi connectivity index (χ1n) is 9.50. The number of thioether (sulfide) groups is 1. The summed E-state index contributed by atoms with van der Waals surface area (Å²) in [6, 6.07) is 20.4. The maximum absolute atomic E-state index is 9.83. The molecule has 6 heteroatoms. The zero-order valence-electron chi connectivity index (χ0n) is 15.9. The van der Waals surface area contributed by atoms with Crippen LogP contribution in [0.5, 0.6) is 0 Å². The van der Waals surface area contributed by atoms with Gasteiger partial charge >= 0.3 is 0 Å². The largest absolute Gasteiger partial charge is 0.393 e. The molecule has 1 aliphatic heterocycles. The first kappa shape index (κ1) is 18.8. The van der Waals surface area contributed by atoms with E-state index in [9.17, 15) is 5.11 Å². The molecule has 0 radical (unpaired) electrons. The maximum Gasteiger partial charge on any atom is 0.229 e. The molecule has 0 aliphatic carbocycles. The number of piperidine rings is 1. The number of aromatic nitrogens is 2. The Kier molecular flexibility index (Phi) is 5.78. The molecule has 144 valence electrons. The van der Waals surface area contributed by atoms with Gasteiger partial charge in [0.05, 0.1) is 11.8 Å². The van der Waals surface area contributed by atoms with Crippen LogP contribution in [0.4, 0.5) is 17.5 Å². The quantitative estimate of drug-likeness (QED) is 0.620. The van der Waals surface area contributed by atoms with Gasteiger partial charge in [-0.05, 0) is 43.4 Å². The predicted molar refractivity (Wildman–Crippen MR) is 116 cm³/mol. The van der Waals surface area contributed by atoms with Gasteiger partial charge in [0.2, 0.25) is 5.95 Å². The number of benzene rings is 2. The van der Waals surface area contributed by atoms with E-state index in [1.165, 1.54) is 4.90 Å². The standard InChI is InChI=1S/C22H24N4OS/c1-28-19-9-7-17(8-10-19)23-22-24-20(16-5-3-2-4-6-16)15-21(25-22)26-13-11-18(27)12-14-26/h2-10,15,18,27H,11-14H2,1H3,(H,23,24,25). The van der Waals surface area contributed by atoms with Crippen LogP contribution in [-0.4, -0.2) is 40.5 Å². The molecule has 1 aliphatic rings. The number of aliphatic hydroxyl groups excluding tert-OH is 1. The molecule has 28 heavy (non-hydrogen) atoms. The topological polar surface area (TPSA) is 61.3 Å². The van der Waals surface area contributed by atoms with Crippen LogP contribution in [0.1, 0.15) is 12.8 Å². The lowest BCUT2D eigenvalue weighted by molar-refractivity contribution is 0.145. The number of nitrogens with zero attached hydrogens (tertiary/aromatic N) is 3. The molecule has 4 rings (SSSR count). The summed E-state index contributed by atoms with van der Waals surface area (Å²) < 4.78 is 0. The van der Waals surface area contributed by atoms with Crippen LogP contribution >= 0.6 is 11.8 Å². The summed E-state index contributed by atoms with van der Waals surface area (Å²) in [5, 5.41) is 13.2. The van der Waals surface area contributed by atoms with E-state index in [-0.39, 0.29) is 6.10 Å². The summed E-state index contributed by atoms with van der Waals surface area (Å²) in [7, 11) is 0. The first-order chi connectivity index (χ1) is 13.7. The van der Waals surface area contributed by atoms with Gasteiger partial charge in [0.1, 0.15) is 5.82 Å². The molecular formula is C22H24N4OS. The van der Waals surface area contributed by atoms with E-state index in [0.717, 1.165) is 48.7 Å². The fourth-order valence-corrected chi connectivity index (χ4v) is 3.72. The summed E-state index contributed by atoms with van der Waals surface area (Å²) in [6.45, 7) is 1.60. The second kappa shape index (κ2) is 8.63. The van der Waals surface area contributed by atoms with Crippen molar-refractivity contribution in [2.75, 3.05) is 29.6 Å². The minimum absolute atomic E-state index is 0.209. The third kappa shape index (κ3) is 4.46. The number of hydrogen-bond donors (Lipinski definition) is 2. The van der Waals surface area contributed by atoms with E-state index in [1.807, 2.05) is 36.4 Å². The third-order valence-corrected chi connectivity index (χ3v) is 5.66. The average molecular weight is 393 g/mol. The molecule has 2 N–H and O–H groups in total. The molecule has 1 aromatic heterocycles. The van der Waals surface area contributed by atoms with Crippen molar-refractivity contribution in [3.8, 4) is 11.3 Å². The van der Waals surface area contributed by atoms with E-state index >= 15 is 0 Å². The highest BCUT2D eigenvalue weighted by Gasteiger charge is 2.20. The Hall–Kier alpha value is -2.57. The summed E-state index contributed by atoms with van der Waals surface area (Å²) in [5.74, 6) is 1.48. The molecule has 0 amide bonds. The Morgan fingerprint density at radius 1 is 1.00 bits per heavy atom. The van der Waals surface area contributed by atoms with Crippen molar-refractivity contribution in [1.29, 1.82) is 0 Å². The lowest BCUT2D eigenvalue weighted by atomic mass is 10.1. The van der Waals surface area contributed by atoms with Crippen molar-refractivity contribution >= 4 is 29.2 Å². The second-order valence-corrected chi connectivity index (χ2v) is 7.75. The number of aliphatic hydroxyl groups is 1. The molecule has 0 bridgehead atoms. The Labute approximate surface area is 169 Å². The van der Waals surface area contributed by atoms with Crippen LogP contribution < -0.4 is 10.2 Å². The van der Waals surface area contributed by atoms with Crippen LogP contribution in [0.2, 0.25) is 0 Å². The van der Waals surface area contributed by atoms with Crippen molar-refractivity contribution in [3.05, 3.63) is 60.7 Å². The van der Waals surface area contributed by atoms with Gasteiger partial charge in [-0.1, -0.05) is 30.3 Å². The highest BCUT2D eigenvalue weighted by molar-refractivity contribution is 7.98. The summed E-state index contributed by atoms with van der Waals surface area (Å²) in [4.78, 5) is 13.0. The molecule has 2 heterocycles. The van der Waals surface area contributed by atoms with Crippen LogP contribution in [-0.2, 0) is 0 Å². The molecule has 0 spiro atoms. The smallest absolute Gasteiger partial charge is 0.229 e. The Balaban J connectivity index is 1.66. The fourth-order valence-electron chi connectivity index (χ4n) is 3.31. The summed E-state index contributed by atoms with van der Waals surface area (Å²) in [5.41, 5.74) is 2.91. The third-order valence-electron chi connectivity index (χ3n) is 4.92. The molecule has 0 saturated carbocycles. The summed E-state index contributed by atoms with van der Waals surface area (Å²) >= 11 is 1.72. The van der Waals surface area contributed by atoms with Crippen molar-refractivity contribution in [2.45, 2.75) is 23.8 Å². The van der Waals surface area contributed by atoms with Crippen molar-refractivity contribution in [3.63, 3.8) is 0 Å². The van der Waals surface area contributed by atoms with Gasteiger partial charge in [0, 0.05) is 35.3 Å². The van der Waals surface area contributed by atoms with Crippen molar-refractivity contribution in [1.82, 2.24) is 9.97 Å². The Bertz CT molecular complexity index is 910. The Morgan fingerprint density at radius 3 is 2.39 bits per heavy atom. The van der Waals surface area contributed by atoms with Gasteiger partial charge in [-0.25, -0.2) is 4.98 Å². The highest BCUT2D eigenvalue weighted by atomic mass is 32.2. The van der Waals surface area contributed by atoms with Crippen LogP contribution in [0.25, 0.3) is 11.3 Å². The van der Waals surface area contributed by atoms with Gasteiger partial charge in [-0.2, -0.15) is 4.98 Å². The number of nitrogens with one attached hydrogen (secondary N) is 1. The van der Waals surface area contributed by atoms with Crippen LogP contribution in [0.15, 0.2) is 65.6 Å².